The van der Waals surface area contributed by atoms with Crippen LogP contribution in [-0.4, -0.2) is 55.9 Å². The van der Waals surface area contributed by atoms with E-state index < -0.39 is 17.7 Å². The van der Waals surface area contributed by atoms with Gasteiger partial charge >= 0.3 is 12.1 Å². The van der Waals surface area contributed by atoms with E-state index in [2.05, 4.69) is 0 Å². The third-order valence-electron chi connectivity index (χ3n) is 4.27. The van der Waals surface area contributed by atoms with Crippen LogP contribution in [0.5, 0.6) is 0 Å². The van der Waals surface area contributed by atoms with Crippen LogP contribution in [0.2, 0.25) is 0 Å². The van der Waals surface area contributed by atoms with E-state index >= 15 is 0 Å². The summed E-state index contributed by atoms with van der Waals surface area (Å²) in [7, 11) is 0. The standard InChI is InChI=1S/C14H19N3O4S/c1-14(2,3)16(13(19)20)7-10-11-8(4-5-22-11)9-6-15(10)12(18)17(9)21/h4-5,9-10,21H,6-7H2,1-3H3,(H,19,20). The van der Waals surface area contributed by atoms with Gasteiger partial charge in [-0.25, -0.2) is 9.59 Å². The van der Waals surface area contributed by atoms with E-state index in [4.69, 9.17) is 0 Å². The van der Waals surface area contributed by atoms with Crippen LogP contribution in [0.4, 0.5) is 9.59 Å². The summed E-state index contributed by atoms with van der Waals surface area (Å²) in [4.78, 5) is 27.7. The molecule has 1 fully saturated rings. The lowest BCUT2D eigenvalue weighted by atomic mass is 9.97. The molecule has 2 bridgehead atoms. The molecule has 0 aromatic carbocycles. The molecule has 22 heavy (non-hydrogen) atoms. The molecular weight excluding hydrogens is 306 g/mol. The second-order valence-electron chi connectivity index (χ2n) is 6.62. The summed E-state index contributed by atoms with van der Waals surface area (Å²) < 4.78 is 0. The molecule has 0 saturated carbocycles. The highest BCUT2D eigenvalue weighted by atomic mass is 32.1. The zero-order valence-electron chi connectivity index (χ0n) is 12.7. The van der Waals surface area contributed by atoms with Crippen LogP contribution < -0.4 is 0 Å². The third-order valence-corrected chi connectivity index (χ3v) is 5.30. The van der Waals surface area contributed by atoms with Crippen molar-refractivity contribution in [1.82, 2.24) is 14.9 Å². The number of hydroxylamine groups is 2. The number of hydrogen-bond donors (Lipinski definition) is 2. The molecule has 2 unspecified atom stereocenters. The average molecular weight is 325 g/mol. The van der Waals surface area contributed by atoms with E-state index in [1.807, 2.05) is 32.2 Å². The van der Waals surface area contributed by atoms with E-state index in [1.165, 1.54) is 16.2 Å². The van der Waals surface area contributed by atoms with Crippen molar-refractivity contribution < 1.29 is 19.9 Å². The van der Waals surface area contributed by atoms with Gasteiger partial charge < -0.3 is 14.9 Å². The predicted molar refractivity (Wildman–Crippen MR) is 80.0 cm³/mol. The summed E-state index contributed by atoms with van der Waals surface area (Å²) in [5, 5.41) is 22.1. The Kier molecular flexibility index (Phi) is 3.33. The van der Waals surface area contributed by atoms with Crippen LogP contribution in [0, 0.1) is 0 Å². The van der Waals surface area contributed by atoms with Crippen LogP contribution in [0.3, 0.4) is 0 Å². The first-order valence-corrected chi connectivity index (χ1v) is 7.96. The number of urea groups is 1. The summed E-state index contributed by atoms with van der Waals surface area (Å²) in [6.45, 7) is 6.06. The third kappa shape index (κ3) is 2.14. The molecule has 2 aliphatic rings. The van der Waals surface area contributed by atoms with Crippen LogP contribution in [0.1, 0.15) is 43.3 Å². The fourth-order valence-corrected chi connectivity index (χ4v) is 4.17. The first-order valence-electron chi connectivity index (χ1n) is 7.08. The predicted octanol–water partition coefficient (Wildman–Crippen LogP) is 2.75. The van der Waals surface area contributed by atoms with Crippen LogP contribution in [0.15, 0.2) is 11.4 Å². The normalized spacial score (nSPS) is 23.7. The zero-order valence-corrected chi connectivity index (χ0v) is 13.5. The molecule has 1 aromatic heterocycles. The maximum atomic E-state index is 12.2. The van der Waals surface area contributed by atoms with Crippen molar-refractivity contribution >= 4 is 23.5 Å². The SMILES string of the molecule is CC(C)(C)N(CC1c2sccc2C2CN1C(=O)N2O)C(=O)O. The minimum Gasteiger partial charge on any atom is -0.465 e. The summed E-state index contributed by atoms with van der Waals surface area (Å²) in [5.74, 6) is 0. The molecule has 0 spiro atoms. The quantitative estimate of drug-likeness (QED) is 0.819. The number of amides is 3. The van der Waals surface area contributed by atoms with Crippen LogP contribution in [-0.2, 0) is 0 Å². The van der Waals surface area contributed by atoms with Gasteiger partial charge in [0, 0.05) is 10.4 Å². The first-order chi connectivity index (χ1) is 10.2. The number of carbonyl (C=O) groups excluding carboxylic acids is 1. The maximum Gasteiger partial charge on any atom is 0.407 e. The Morgan fingerprint density at radius 2 is 2.18 bits per heavy atom. The molecule has 1 saturated heterocycles. The molecule has 2 N–H and O–H groups in total. The van der Waals surface area contributed by atoms with Gasteiger partial charge in [0.1, 0.15) is 6.04 Å². The van der Waals surface area contributed by atoms with Crippen molar-refractivity contribution in [3.63, 3.8) is 0 Å². The number of thiophene rings is 1. The summed E-state index contributed by atoms with van der Waals surface area (Å²) in [6, 6.07) is 0.737. The molecular formula is C14H19N3O4S. The Morgan fingerprint density at radius 1 is 1.50 bits per heavy atom. The molecule has 120 valence electrons. The molecule has 2 aliphatic heterocycles. The van der Waals surface area contributed by atoms with E-state index in [1.54, 1.807) is 4.90 Å². The van der Waals surface area contributed by atoms with E-state index in [0.717, 1.165) is 15.5 Å². The zero-order chi connectivity index (χ0) is 16.2. The van der Waals surface area contributed by atoms with Crippen molar-refractivity contribution in [1.29, 1.82) is 0 Å². The molecule has 7 nitrogen and oxygen atoms in total. The number of carbonyl (C=O) groups is 2. The van der Waals surface area contributed by atoms with Crippen LogP contribution >= 0.6 is 11.3 Å². The molecule has 1 aromatic rings. The van der Waals surface area contributed by atoms with Gasteiger partial charge in [-0.05, 0) is 37.8 Å². The van der Waals surface area contributed by atoms with Gasteiger partial charge in [-0.15, -0.1) is 11.3 Å². The van der Waals surface area contributed by atoms with Gasteiger partial charge in [-0.2, -0.15) is 5.06 Å². The van der Waals surface area contributed by atoms with Crippen LogP contribution in [0.25, 0.3) is 0 Å². The van der Waals surface area contributed by atoms with E-state index in [-0.39, 0.29) is 18.6 Å². The van der Waals surface area contributed by atoms with Crippen molar-refractivity contribution in [3.05, 3.63) is 21.9 Å². The summed E-state index contributed by atoms with van der Waals surface area (Å²) in [5.41, 5.74) is 0.348. The largest absolute Gasteiger partial charge is 0.465 e. The van der Waals surface area contributed by atoms with E-state index in [0.29, 0.717) is 6.54 Å². The Bertz CT molecular complexity index is 624. The van der Waals surface area contributed by atoms with Gasteiger partial charge in [-0.1, -0.05) is 0 Å². The second-order valence-corrected chi connectivity index (χ2v) is 7.56. The highest BCUT2D eigenvalue weighted by Crippen LogP contribution is 2.45. The summed E-state index contributed by atoms with van der Waals surface area (Å²) >= 11 is 1.50. The highest BCUT2D eigenvalue weighted by molar-refractivity contribution is 7.10. The van der Waals surface area contributed by atoms with Crippen molar-refractivity contribution in [2.75, 3.05) is 13.1 Å². The second kappa shape index (κ2) is 4.85. The fourth-order valence-electron chi connectivity index (χ4n) is 3.11. The topological polar surface area (TPSA) is 84.3 Å². The van der Waals surface area contributed by atoms with E-state index in [9.17, 15) is 19.9 Å². The molecule has 8 heteroatoms. The minimum atomic E-state index is -1.01. The monoisotopic (exact) mass is 325 g/mol. The first kappa shape index (κ1) is 15.1. The van der Waals surface area contributed by atoms with Crippen molar-refractivity contribution in [3.8, 4) is 0 Å². The molecule has 2 atom stereocenters. The Labute approximate surface area is 132 Å². The summed E-state index contributed by atoms with van der Waals surface area (Å²) in [6.07, 6.45) is -1.01. The molecule has 3 amide bonds. The Balaban J connectivity index is 1.97. The van der Waals surface area contributed by atoms with Gasteiger partial charge in [0.2, 0.25) is 0 Å². The van der Waals surface area contributed by atoms with Gasteiger partial charge in [0.05, 0.1) is 19.1 Å². The van der Waals surface area contributed by atoms with Gasteiger partial charge in [0.25, 0.3) is 0 Å². The number of hydrogen-bond acceptors (Lipinski definition) is 4. The average Bonchev–Trinajstić information content (AvgIpc) is 2.97. The number of carboxylic acid groups (broad SMARTS) is 1. The number of rotatable bonds is 2. The smallest absolute Gasteiger partial charge is 0.407 e. The van der Waals surface area contributed by atoms with Gasteiger partial charge in [-0.3, -0.25) is 5.21 Å². The van der Waals surface area contributed by atoms with Gasteiger partial charge in [0.15, 0.2) is 0 Å². The maximum absolute atomic E-state index is 12.2. The highest BCUT2D eigenvalue weighted by Gasteiger charge is 2.49. The lowest BCUT2D eigenvalue weighted by Crippen LogP contribution is -2.50. The van der Waals surface area contributed by atoms with Crippen molar-refractivity contribution in [2.45, 2.75) is 38.4 Å². The lowest BCUT2D eigenvalue weighted by Gasteiger charge is -2.39. The Morgan fingerprint density at radius 3 is 2.77 bits per heavy atom. The van der Waals surface area contributed by atoms with Crippen molar-refractivity contribution in [2.24, 2.45) is 0 Å². The molecule has 0 aliphatic carbocycles. The fraction of sp³-hybridized carbons (Fsp3) is 0.571. The molecule has 3 heterocycles. The number of fused-ring (bicyclic) bond motifs is 4. The lowest BCUT2D eigenvalue weighted by molar-refractivity contribution is -0.0586. The number of nitrogens with zero attached hydrogens (tertiary/aromatic N) is 3. The Hall–Kier alpha value is -1.80. The molecule has 0 radical (unpaired) electrons. The molecule has 3 rings (SSSR count). The minimum absolute atomic E-state index is 0.193.